The summed E-state index contributed by atoms with van der Waals surface area (Å²) in [6, 6.07) is -0.340. The maximum atomic E-state index is 11.1. The summed E-state index contributed by atoms with van der Waals surface area (Å²) in [4.78, 5) is 21.9. The van der Waals surface area contributed by atoms with Crippen molar-refractivity contribution in [1.29, 1.82) is 0 Å². The first-order valence-electron chi connectivity index (χ1n) is 4.34. The second-order valence-electron chi connectivity index (χ2n) is 3.26. The first-order chi connectivity index (χ1) is 6.09. The molecule has 1 heterocycles. The van der Waals surface area contributed by atoms with Gasteiger partial charge >= 0.3 is 0 Å². The van der Waals surface area contributed by atoms with Crippen LogP contribution in [-0.2, 0) is 9.59 Å². The number of piperidine rings is 1. The van der Waals surface area contributed by atoms with E-state index in [1.54, 1.807) is 6.92 Å². The lowest BCUT2D eigenvalue weighted by Crippen LogP contribution is -2.51. The molecule has 1 aliphatic rings. The predicted molar refractivity (Wildman–Crippen MR) is 45.9 cm³/mol. The Morgan fingerprint density at radius 3 is 2.92 bits per heavy atom. The lowest BCUT2D eigenvalue weighted by atomic mass is 10.1. The molecule has 3 N–H and O–H groups in total. The zero-order valence-corrected chi connectivity index (χ0v) is 7.54. The molecule has 2 unspecified atom stereocenters. The Morgan fingerprint density at radius 2 is 2.38 bits per heavy atom. The molecule has 0 bridgehead atoms. The lowest BCUT2D eigenvalue weighted by Gasteiger charge is -2.22. The predicted octanol–water partition coefficient (Wildman–Crippen LogP) is -1.24. The van der Waals surface area contributed by atoms with Crippen LogP contribution in [0.1, 0.15) is 19.8 Å². The molecule has 1 saturated heterocycles. The summed E-state index contributed by atoms with van der Waals surface area (Å²) in [5, 5.41) is 14.1. The van der Waals surface area contributed by atoms with Crippen LogP contribution in [0.2, 0.25) is 0 Å². The van der Waals surface area contributed by atoms with Crippen molar-refractivity contribution in [1.82, 2.24) is 10.6 Å². The molecule has 5 heteroatoms. The molecular weight excluding hydrogens is 172 g/mol. The summed E-state index contributed by atoms with van der Waals surface area (Å²) in [5.41, 5.74) is 0. The average Bonchev–Trinajstić information content (AvgIpc) is 2.02. The quantitative estimate of drug-likeness (QED) is 0.482. The number of aliphatic hydroxyl groups is 1. The van der Waals surface area contributed by atoms with Crippen molar-refractivity contribution in [2.45, 2.75) is 31.9 Å². The summed E-state index contributed by atoms with van der Waals surface area (Å²) in [7, 11) is 0. The lowest BCUT2D eigenvalue weighted by molar-refractivity contribution is -0.134. The van der Waals surface area contributed by atoms with Gasteiger partial charge in [-0.05, 0) is 13.3 Å². The minimum Gasteiger partial charge on any atom is -0.392 e. The summed E-state index contributed by atoms with van der Waals surface area (Å²) in [6.45, 7) is 2.01. The molecule has 5 nitrogen and oxygen atoms in total. The highest BCUT2D eigenvalue weighted by Gasteiger charge is 2.25. The van der Waals surface area contributed by atoms with E-state index in [1.807, 2.05) is 0 Å². The minimum absolute atomic E-state index is 0.222. The van der Waals surface area contributed by atoms with Crippen LogP contribution in [-0.4, -0.2) is 35.6 Å². The van der Waals surface area contributed by atoms with Crippen molar-refractivity contribution in [2.75, 3.05) is 6.54 Å². The van der Waals surface area contributed by atoms with E-state index in [0.29, 0.717) is 19.4 Å². The van der Waals surface area contributed by atoms with Gasteiger partial charge in [0.2, 0.25) is 11.8 Å². The van der Waals surface area contributed by atoms with Gasteiger partial charge in [-0.15, -0.1) is 0 Å². The van der Waals surface area contributed by atoms with E-state index in [-0.39, 0.29) is 17.9 Å². The second-order valence-corrected chi connectivity index (χ2v) is 3.26. The molecule has 1 rings (SSSR count). The highest BCUT2D eigenvalue weighted by molar-refractivity contribution is 6.00. The molecule has 0 aromatic heterocycles. The zero-order chi connectivity index (χ0) is 9.84. The van der Waals surface area contributed by atoms with Crippen molar-refractivity contribution in [3.05, 3.63) is 0 Å². The van der Waals surface area contributed by atoms with E-state index in [2.05, 4.69) is 10.6 Å². The molecule has 74 valence electrons. The molecule has 0 radical (unpaired) electrons. The van der Waals surface area contributed by atoms with Crippen LogP contribution >= 0.6 is 0 Å². The van der Waals surface area contributed by atoms with Crippen LogP contribution in [0, 0.1) is 0 Å². The van der Waals surface area contributed by atoms with Crippen LogP contribution in [0.15, 0.2) is 0 Å². The Kier molecular flexibility index (Phi) is 3.39. The third-order valence-electron chi connectivity index (χ3n) is 1.90. The van der Waals surface area contributed by atoms with E-state index in [1.165, 1.54) is 0 Å². The van der Waals surface area contributed by atoms with Crippen molar-refractivity contribution in [3.8, 4) is 0 Å². The van der Waals surface area contributed by atoms with E-state index in [4.69, 9.17) is 5.11 Å². The maximum absolute atomic E-state index is 11.1. The molecule has 2 atom stereocenters. The Morgan fingerprint density at radius 1 is 1.69 bits per heavy atom. The maximum Gasteiger partial charge on any atom is 0.243 e. The molecule has 0 aromatic carbocycles. The average molecular weight is 186 g/mol. The fourth-order valence-electron chi connectivity index (χ4n) is 1.20. The smallest absolute Gasteiger partial charge is 0.243 e. The van der Waals surface area contributed by atoms with E-state index < -0.39 is 6.10 Å². The number of nitrogens with one attached hydrogen (secondary N) is 2. The molecule has 13 heavy (non-hydrogen) atoms. The topological polar surface area (TPSA) is 78.4 Å². The van der Waals surface area contributed by atoms with Gasteiger partial charge in [0.05, 0.1) is 12.1 Å². The number of rotatable bonds is 3. The molecule has 0 spiro atoms. The molecule has 2 amide bonds. The Balaban J connectivity index is 2.34. The second kappa shape index (κ2) is 4.34. The van der Waals surface area contributed by atoms with Crippen LogP contribution in [0.4, 0.5) is 0 Å². The number of aliphatic hydroxyl groups excluding tert-OH is 1. The monoisotopic (exact) mass is 186 g/mol. The summed E-state index contributed by atoms with van der Waals surface area (Å²) in [5.74, 6) is -0.517. The Labute approximate surface area is 76.5 Å². The van der Waals surface area contributed by atoms with Crippen molar-refractivity contribution in [3.63, 3.8) is 0 Å². The van der Waals surface area contributed by atoms with Gasteiger partial charge in [0.1, 0.15) is 0 Å². The molecule has 1 fully saturated rings. The fraction of sp³-hybridized carbons (Fsp3) is 0.750. The van der Waals surface area contributed by atoms with Crippen LogP contribution in [0.25, 0.3) is 0 Å². The standard InChI is InChI=1S/C8H14N2O3/c1-5(11)4-9-6-2-3-7(12)10-8(6)13/h5-6,9,11H,2-4H2,1H3,(H,10,12,13). The highest BCUT2D eigenvalue weighted by atomic mass is 16.3. The van der Waals surface area contributed by atoms with Gasteiger partial charge in [0, 0.05) is 13.0 Å². The van der Waals surface area contributed by atoms with Crippen LogP contribution in [0.5, 0.6) is 0 Å². The van der Waals surface area contributed by atoms with Gasteiger partial charge in [-0.1, -0.05) is 0 Å². The minimum atomic E-state index is -0.481. The fourth-order valence-corrected chi connectivity index (χ4v) is 1.20. The van der Waals surface area contributed by atoms with Gasteiger partial charge in [0.15, 0.2) is 0 Å². The Hall–Kier alpha value is -0.940. The number of carbonyl (C=O) groups excluding carboxylic acids is 2. The van der Waals surface area contributed by atoms with Crippen LogP contribution in [0.3, 0.4) is 0 Å². The largest absolute Gasteiger partial charge is 0.392 e. The molecule has 0 aliphatic carbocycles. The van der Waals surface area contributed by atoms with Crippen molar-refractivity contribution >= 4 is 11.8 Å². The zero-order valence-electron chi connectivity index (χ0n) is 7.54. The highest BCUT2D eigenvalue weighted by Crippen LogP contribution is 2.03. The van der Waals surface area contributed by atoms with Gasteiger partial charge in [-0.25, -0.2) is 0 Å². The third-order valence-corrected chi connectivity index (χ3v) is 1.90. The first kappa shape index (κ1) is 10.1. The van der Waals surface area contributed by atoms with Crippen molar-refractivity contribution < 1.29 is 14.7 Å². The van der Waals surface area contributed by atoms with E-state index in [9.17, 15) is 9.59 Å². The summed E-state index contributed by atoms with van der Waals surface area (Å²) >= 11 is 0. The normalized spacial score (nSPS) is 25.5. The Bertz CT molecular complexity index is 215. The molecule has 0 aromatic rings. The van der Waals surface area contributed by atoms with Gasteiger partial charge < -0.3 is 10.4 Å². The number of amides is 2. The third kappa shape index (κ3) is 3.12. The SMILES string of the molecule is CC(O)CNC1CCC(=O)NC1=O. The van der Waals surface area contributed by atoms with Gasteiger partial charge in [-0.2, -0.15) is 0 Å². The number of imide groups is 1. The summed E-state index contributed by atoms with van der Waals surface area (Å²) < 4.78 is 0. The molecule has 1 aliphatic heterocycles. The van der Waals surface area contributed by atoms with Crippen LogP contribution < -0.4 is 10.6 Å². The van der Waals surface area contributed by atoms with Gasteiger partial charge in [0.25, 0.3) is 0 Å². The van der Waals surface area contributed by atoms with E-state index in [0.717, 1.165) is 0 Å². The summed E-state index contributed by atoms with van der Waals surface area (Å²) in [6.07, 6.45) is 0.395. The van der Waals surface area contributed by atoms with E-state index >= 15 is 0 Å². The number of carbonyl (C=O) groups is 2. The van der Waals surface area contributed by atoms with Gasteiger partial charge in [-0.3, -0.25) is 14.9 Å². The number of hydrogen-bond acceptors (Lipinski definition) is 4. The molecular formula is C8H14N2O3. The number of hydrogen-bond donors (Lipinski definition) is 3. The molecule has 0 saturated carbocycles. The van der Waals surface area contributed by atoms with Crippen molar-refractivity contribution in [2.24, 2.45) is 0 Å². The first-order valence-corrected chi connectivity index (χ1v) is 4.34.